The maximum absolute atomic E-state index is 11.8. The van der Waals surface area contributed by atoms with Crippen molar-refractivity contribution in [2.75, 3.05) is 31.3 Å². The van der Waals surface area contributed by atoms with Crippen LogP contribution >= 0.6 is 0 Å². The molecule has 1 rings (SSSR count). The number of nitrogens with one attached hydrogen (secondary N) is 2. The van der Waals surface area contributed by atoms with Crippen LogP contribution in [0.25, 0.3) is 0 Å². The molecule has 1 amide bonds. The van der Waals surface area contributed by atoms with E-state index < -0.39 is 0 Å². The van der Waals surface area contributed by atoms with Crippen LogP contribution in [0.3, 0.4) is 0 Å². The first-order valence-electron chi connectivity index (χ1n) is 6.51. The van der Waals surface area contributed by atoms with Gasteiger partial charge in [-0.2, -0.15) is 0 Å². The second kappa shape index (κ2) is 7.63. The highest BCUT2D eigenvalue weighted by atomic mass is 16.5. The van der Waals surface area contributed by atoms with E-state index in [9.17, 15) is 4.79 Å². The molecule has 0 heterocycles. The Hall–Kier alpha value is -1.75. The second-order valence-corrected chi connectivity index (χ2v) is 4.50. The van der Waals surface area contributed by atoms with Crippen molar-refractivity contribution in [3.8, 4) is 0 Å². The largest absolute Gasteiger partial charge is 0.397 e. The van der Waals surface area contributed by atoms with Crippen LogP contribution in [0.1, 0.15) is 30.6 Å². The average molecular weight is 265 g/mol. The van der Waals surface area contributed by atoms with E-state index in [0.717, 1.165) is 12.1 Å². The topological polar surface area (TPSA) is 76.4 Å². The van der Waals surface area contributed by atoms with Gasteiger partial charge in [0.15, 0.2) is 0 Å². The van der Waals surface area contributed by atoms with Crippen molar-refractivity contribution in [3.05, 3.63) is 23.8 Å². The van der Waals surface area contributed by atoms with Gasteiger partial charge in [0, 0.05) is 25.3 Å². The van der Waals surface area contributed by atoms with E-state index in [2.05, 4.69) is 24.5 Å². The summed E-state index contributed by atoms with van der Waals surface area (Å²) in [7, 11) is 1.60. The minimum absolute atomic E-state index is 0.140. The molecule has 0 saturated carbocycles. The smallest absolute Gasteiger partial charge is 0.251 e. The van der Waals surface area contributed by atoms with Gasteiger partial charge in [-0.15, -0.1) is 0 Å². The molecular formula is C14H23N3O2. The van der Waals surface area contributed by atoms with Gasteiger partial charge in [-0.05, 0) is 31.5 Å². The summed E-state index contributed by atoms with van der Waals surface area (Å²) in [5, 5.41) is 6.06. The molecule has 0 bridgehead atoms. The van der Waals surface area contributed by atoms with Gasteiger partial charge in [0.1, 0.15) is 0 Å². The molecule has 4 N–H and O–H groups in total. The van der Waals surface area contributed by atoms with E-state index in [1.54, 1.807) is 19.2 Å². The second-order valence-electron chi connectivity index (χ2n) is 4.50. The maximum Gasteiger partial charge on any atom is 0.251 e. The third-order valence-electron chi connectivity index (χ3n) is 2.92. The van der Waals surface area contributed by atoms with Crippen molar-refractivity contribution in [2.45, 2.75) is 26.3 Å². The Labute approximate surface area is 114 Å². The zero-order valence-corrected chi connectivity index (χ0v) is 11.8. The molecule has 0 aliphatic heterocycles. The fourth-order valence-corrected chi connectivity index (χ4v) is 1.57. The lowest BCUT2D eigenvalue weighted by Gasteiger charge is -2.15. The van der Waals surface area contributed by atoms with Crippen molar-refractivity contribution in [1.82, 2.24) is 5.32 Å². The number of rotatable bonds is 7. The molecule has 1 atom stereocenters. The molecule has 1 aromatic rings. The molecule has 5 heteroatoms. The molecule has 0 aliphatic rings. The summed E-state index contributed by atoms with van der Waals surface area (Å²) in [5.74, 6) is -0.140. The average Bonchev–Trinajstić information content (AvgIpc) is 2.41. The molecule has 0 saturated heterocycles. The fraction of sp³-hybridized carbons (Fsp3) is 0.500. The van der Waals surface area contributed by atoms with Crippen LogP contribution in [-0.2, 0) is 4.74 Å². The molecule has 19 heavy (non-hydrogen) atoms. The Balaban J connectivity index is 2.67. The Kier molecular flexibility index (Phi) is 6.15. The van der Waals surface area contributed by atoms with Gasteiger partial charge < -0.3 is 21.1 Å². The van der Waals surface area contributed by atoms with E-state index in [0.29, 0.717) is 30.4 Å². The first-order chi connectivity index (χ1) is 9.08. The van der Waals surface area contributed by atoms with Crippen molar-refractivity contribution < 1.29 is 9.53 Å². The van der Waals surface area contributed by atoms with Gasteiger partial charge in [-0.1, -0.05) is 6.92 Å². The van der Waals surface area contributed by atoms with Gasteiger partial charge in [-0.3, -0.25) is 4.79 Å². The van der Waals surface area contributed by atoms with E-state index in [4.69, 9.17) is 10.5 Å². The summed E-state index contributed by atoms with van der Waals surface area (Å²) in [4.78, 5) is 11.8. The fourth-order valence-electron chi connectivity index (χ4n) is 1.57. The number of benzene rings is 1. The van der Waals surface area contributed by atoms with E-state index in [-0.39, 0.29) is 5.91 Å². The standard InChI is InChI=1S/C14H23N3O2/c1-4-10(2)17-13-6-5-11(9-12(13)15)14(18)16-7-8-19-3/h5-6,9-10,17H,4,7-8,15H2,1-3H3,(H,16,18)/t10-/m1/s1. The van der Waals surface area contributed by atoms with E-state index in [1.165, 1.54) is 0 Å². The van der Waals surface area contributed by atoms with Crippen LogP contribution in [0.15, 0.2) is 18.2 Å². The lowest BCUT2D eigenvalue weighted by atomic mass is 10.1. The van der Waals surface area contributed by atoms with Crippen molar-refractivity contribution >= 4 is 17.3 Å². The molecule has 106 valence electrons. The summed E-state index contributed by atoms with van der Waals surface area (Å²) in [6.45, 7) is 5.17. The van der Waals surface area contributed by atoms with Crippen LogP contribution in [0.4, 0.5) is 11.4 Å². The molecular weight excluding hydrogens is 242 g/mol. The predicted octanol–water partition coefficient (Wildman–Crippen LogP) is 1.86. The van der Waals surface area contributed by atoms with E-state index >= 15 is 0 Å². The highest BCUT2D eigenvalue weighted by molar-refractivity contribution is 5.96. The summed E-state index contributed by atoms with van der Waals surface area (Å²) >= 11 is 0. The zero-order chi connectivity index (χ0) is 14.3. The molecule has 0 aliphatic carbocycles. The molecule has 0 aromatic heterocycles. The summed E-state index contributed by atoms with van der Waals surface area (Å²) in [6.07, 6.45) is 1.01. The van der Waals surface area contributed by atoms with Crippen LogP contribution in [0.2, 0.25) is 0 Å². The Bertz CT molecular complexity index is 421. The minimum Gasteiger partial charge on any atom is -0.397 e. The van der Waals surface area contributed by atoms with Crippen LogP contribution in [-0.4, -0.2) is 32.2 Å². The maximum atomic E-state index is 11.8. The van der Waals surface area contributed by atoms with Gasteiger partial charge in [-0.25, -0.2) is 0 Å². The number of carbonyl (C=O) groups is 1. The van der Waals surface area contributed by atoms with Crippen LogP contribution < -0.4 is 16.4 Å². The van der Waals surface area contributed by atoms with Crippen molar-refractivity contribution in [1.29, 1.82) is 0 Å². The molecule has 5 nitrogen and oxygen atoms in total. The van der Waals surface area contributed by atoms with Gasteiger partial charge in [0.2, 0.25) is 0 Å². The number of hydrogen-bond acceptors (Lipinski definition) is 4. The minimum atomic E-state index is -0.140. The summed E-state index contributed by atoms with van der Waals surface area (Å²) < 4.78 is 4.88. The zero-order valence-electron chi connectivity index (χ0n) is 11.8. The quantitative estimate of drug-likeness (QED) is 0.519. The number of methoxy groups -OCH3 is 1. The normalized spacial score (nSPS) is 11.9. The lowest BCUT2D eigenvalue weighted by molar-refractivity contribution is 0.0937. The number of ether oxygens (including phenoxy) is 1. The van der Waals surface area contributed by atoms with Gasteiger partial charge in [0.05, 0.1) is 18.0 Å². The number of nitrogens with two attached hydrogens (primary N) is 1. The highest BCUT2D eigenvalue weighted by Gasteiger charge is 2.08. The number of anilines is 2. The first kappa shape index (κ1) is 15.3. The van der Waals surface area contributed by atoms with Gasteiger partial charge >= 0.3 is 0 Å². The molecule has 1 aromatic carbocycles. The highest BCUT2D eigenvalue weighted by Crippen LogP contribution is 2.21. The number of carbonyl (C=O) groups excluding carboxylic acids is 1. The molecule has 0 unspecified atom stereocenters. The number of amides is 1. The Morgan fingerprint density at radius 3 is 2.79 bits per heavy atom. The van der Waals surface area contributed by atoms with E-state index in [1.807, 2.05) is 6.07 Å². The SMILES string of the molecule is CC[C@@H](C)Nc1ccc(C(=O)NCCOC)cc1N. The third kappa shape index (κ3) is 4.79. The van der Waals surface area contributed by atoms with Crippen molar-refractivity contribution in [3.63, 3.8) is 0 Å². The first-order valence-corrected chi connectivity index (χ1v) is 6.51. The van der Waals surface area contributed by atoms with Crippen LogP contribution in [0, 0.1) is 0 Å². The monoisotopic (exact) mass is 265 g/mol. The third-order valence-corrected chi connectivity index (χ3v) is 2.92. The predicted molar refractivity (Wildman–Crippen MR) is 78.4 cm³/mol. The molecule has 0 spiro atoms. The Morgan fingerprint density at radius 2 is 2.21 bits per heavy atom. The molecule has 0 fully saturated rings. The summed E-state index contributed by atoms with van der Waals surface area (Å²) in [5.41, 5.74) is 7.96. The van der Waals surface area contributed by atoms with Gasteiger partial charge in [0.25, 0.3) is 5.91 Å². The lowest BCUT2D eigenvalue weighted by Crippen LogP contribution is -2.27. The van der Waals surface area contributed by atoms with Crippen molar-refractivity contribution in [2.24, 2.45) is 0 Å². The Morgan fingerprint density at radius 1 is 1.47 bits per heavy atom. The summed E-state index contributed by atoms with van der Waals surface area (Å²) in [6, 6.07) is 5.65. The van der Waals surface area contributed by atoms with Crippen LogP contribution in [0.5, 0.6) is 0 Å². The molecule has 0 radical (unpaired) electrons. The number of nitrogen functional groups attached to an aromatic ring is 1. The number of hydrogen-bond donors (Lipinski definition) is 3.